The van der Waals surface area contributed by atoms with E-state index >= 15 is 0 Å². The van der Waals surface area contributed by atoms with Crippen LogP contribution in [0.15, 0.2) is 10.7 Å². The van der Waals surface area contributed by atoms with Crippen LogP contribution in [0.5, 0.6) is 0 Å². The second-order valence-corrected chi connectivity index (χ2v) is 5.35. The number of hydrogen-bond donors (Lipinski definition) is 2. The van der Waals surface area contributed by atoms with E-state index in [0.717, 1.165) is 30.7 Å². The summed E-state index contributed by atoms with van der Waals surface area (Å²) in [5.41, 5.74) is 7.57. The lowest BCUT2D eigenvalue weighted by Gasteiger charge is -2.03. The fraction of sp³-hybridized carbons (Fsp3) is 0.467. The molecule has 1 aliphatic carbocycles. The van der Waals surface area contributed by atoms with Crippen LogP contribution in [0.1, 0.15) is 42.3 Å². The molecular formula is C15H19N3O2. The van der Waals surface area contributed by atoms with Crippen LogP contribution in [0.4, 0.5) is 0 Å². The van der Waals surface area contributed by atoms with Gasteiger partial charge < -0.3 is 9.72 Å². The summed E-state index contributed by atoms with van der Waals surface area (Å²) < 4.78 is 5.67. The number of carbonyl (C=O) groups is 1. The number of hydrazone groups is 1. The molecule has 1 fully saturated rings. The van der Waals surface area contributed by atoms with Gasteiger partial charge in [0, 0.05) is 11.4 Å². The fourth-order valence-corrected chi connectivity index (χ4v) is 2.51. The van der Waals surface area contributed by atoms with Gasteiger partial charge in [-0.1, -0.05) is 6.92 Å². The molecule has 1 saturated carbocycles. The third-order valence-corrected chi connectivity index (χ3v) is 3.81. The third kappa shape index (κ3) is 2.24. The van der Waals surface area contributed by atoms with E-state index in [4.69, 9.17) is 4.74 Å². The molecule has 2 N–H and O–H groups in total. The lowest BCUT2D eigenvalue weighted by molar-refractivity contribution is -0.116. The largest absolute Gasteiger partial charge is 0.473 e. The molecule has 0 saturated heterocycles. The summed E-state index contributed by atoms with van der Waals surface area (Å²) in [6, 6.07) is 0. The van der Waals surface area contributed by atoms with Gasteiger partial charge in [-0.15, -0.1) is 5.10 Å². The minimum Gasteiger partial charge on any atom is -0.473 e. The van der Waals surface area contributed by atoms with E-state index in [1.807, 2.05) is 6.08 Å². The zero-order valence-corrected chi connectivity index (χ0v) is 12.0. The summed E-state index contributed by atoms with van der Waals surface area (Å²) in [6.45, 7) is 6.25. The molecule has 20 heavy (non-hydrogen) atoms. The Morgan fingerprint density at radius 3 is 2.75 bits per heavy atom. The van der Waals surface area contributed by atoms with Crippen molar-refractivity contribution in [3.05, 3.63) is 28.1 Å². The van der Waals surface area contributed by atoms with E-state index < -0.39 is 0 Å². The second kappa shape index (κ2) is 4.81. The highest BCUT2D eigenvalue weighted by Crippen LogP contribution is 2.27. The molecule has 0 spiro atoms. The summed E-state index contributed by atoms with van der Waals surface area (Å²) in [6.07, 6.45) is 5.12. The number of rotatable bonds is 3. The van der Waals surface area contributed by atoms with Gasteiger partial charge in [0.2, 0.25) is 5.90 Å². The van der Waals surface area contributed by atoms with Crippen molar-refractivity contribution in [3.8, 4) is 0 Å². The van der Waals surface area contributed by atoms with E-state index in [2.05, 4.69) is 36.3 Å². The summed E-state index contributed by atoms with van der Waals surface area (Å²) in [5, 5.41) is 3.97. The van der Waals surface area contributed by atoms with Gasteiger partial charge in [-0.2, -0.15) is 0 Å². The van der Waals surface area contributed by atoms with Crippen molar-refractivity contribution in [2.45, 2.75) is 46.1 Å². The molecule has 3 rings (SSSR count). The Morgan fingerprint density at radius 1 is 1.40 bits per heavy atom. The maximum absolute atomic E-state index is 11.9. The Bertz CT molecular complexity index is 621. The number of nitrogens with one attached hydrogen (secondary N) is 2. The highest BCUT2D eigenvalue weighted by molar-refractivity contribution is 6.24. The van der Waals surface area contributed by atoms with Crippen LogP contribution in [0.3, 0.4) is 0 Å². The van der Waals surface area contributed by atoms with Crippen LogP contribution in [-0.2, 0) is 16.0 Å². The van der Waals surface area contributed by atoms with E-state index in [0.29, 0.717) is 11.5 Å². The van der Waals surface area contributed by atoms with Crippen LogP contribution >= 0.6 is 0 Å². The van der Waals surface area contributed by atoms with Crippen LogP contribution in [-0.4, -0.2) is 22.9 Å². The van der Waals surface area contributed by atoms with E-state index in [9.17, 15) is 4.79 Å². The Labute approximate surface area is 118 Å². The average Bonchev–Trinajstić information content (AvgIpc) is 3.11. The first-order chi connectivity index (χ1) is 9.60. The molecule has 0 bridgehead atoms. The van der Waals surface area contributed by atoms with Crippen LogP contribution in [0.25, 0.3) is 6.08 Å². The molecule has 1 amide bonds. The lowest BCUT2D eigenvalue weighted by atomic mass is 10.1. The molecular weight excluding hydrogens is 254 g/mol. The first kappa shape index (κ1) is 13.0. The van der Waals surface area contributed by atoms with Crippen LogP contribution < -0.4 is 5.43 Å². The van der Waals surface area contributed by atoms with Gasteiger partial charge in [0.15, 0.2) is 0 Å². The normalized spacial score (nSPS) is 20.2. The summed E-state index contributed by atoms with van der Waals surface area (Å²) in [7, 11) is 0. The number of ether oxygens (including phenoxy) is 1. The molecule has 1 aromatic heterocycles. The Hall–Kier alpha value is -2.04. The number of H-pyrrole nitrogens is 1. The zero-order chi connectivity index (χ0) is 14.3. The topological polar surface area (TPSA) is 66.5 Å². The quantitative estimate of drug-likeness (QED) is 0.829. The zero-order valence-electron chi connectivity index (χ0n) is 12.0. The summed E-state index contributed by atoms with van der Waals surface area (Å²) in [4.78, 5) is 15.2. The maximum Gasteiger partial charge on any atom is 0.277 e. The number of aryl methyl sites for hydroxylation is 1. The number of nitrogens with zero attached hydrogens (tertiary/aromatic N) is 1. The smallest absolute Gasteiger partial charge is 0.277 e. The predicted molar refractivity (Wildman–Crippen MR) is 77.3 cm³/mol. The first-order valence-corrected chi connectivity index (χ1v) is 7.05. The SMILES string of the molecule is CCc1c(C)[nH]c(/C=C2/C(=O)NN=C2OC2CC2)c1C. The molecule has 2 aliphatic rings. The lowest BCUT2D eigenvalue weighted by Crippen LogP contribution is -2.14. The number of aromatic amines is 1. The molecule has 5 heteroatoms. The van der Waals surface area contributed by atoms with E-state index in [1.54, 1.807) is 0 Å². The van der Waals surface area contributed by atoms with Gasteiger partial charge in [-0.05, 0) is 50.3 Å². The number of amides is 1. The van der Waals surface area contributed by atoms with Gasteiger partial charge in [0.25, 0.3) is 5.91 Å². The van der Waals surface area contributed by atoms with E-state index in [-0.39, 0.29) is 12.0 Å². The molecule has 1 aromatic rings. The maximum atomic E-state index is 11.9. The standard InChI is InChI=1S/C15H19N3O2/c1-4-11-8(2)13(16-9(11)3)7-12-14(19)17-18-15(12)20-10-5-6-10/h7,10,16H,4-6H2,1-3H3,(H,17,19)/b12-7-. The molecule has 2 heterocycles. The van der Waals surface area contributed by atoms with Gasteiger partial charge in [0.05, 0.1) is 0 Å². The van der Waals surface area contributed by atoms with Gasteiger partial charge in [-0.3, -0.25) is 4.79 Å². The van der Waals surface area contributed by atoms with Gasteiger partial charge >= 0.3 is 0 Å². The highest BCUT2D eigenvalue weighted by atomic mass is 16.5. The van der Waals surface area contributed by atoms with Crippen molar-refractivity contribution in [2.24, 2.45) is 5.10 Å². The highest BCUT2D eigenvalue weighted by Gasteiger charge is 2.31. The van der Waals surface area contributed by atoms with Crippen molar-refractivity contribution < 1.29 is 9.53 Å². The monoisotopic (exact) mass is 273 g/mol. The molecule has 5 nitrogen and oxygen atoms in total. The molecule has 1 aliphatic heterocycles. The predicted octanol–water partition coefficient (Wildman–Crippen LogP) is 2.20. The van der Waals surface area contributed by atoms with Crippen LogP contribution in [0, 0.1) is 13.8 Å². The minimum atomic E-state index is -0.203. The van der Waals surface area contributed by atoms with Crippen molar-refractivity contribution in [2.75, 3.05) is 0 Å². The Balaban J connectivity index is 1.93. The van der Waals surface area contributed by atoms with Gasteiger partial charge in [-0.25, -0.2) is 5.43 Å². The molecule has 0 atom stereocenters. The summed E-state index contributed by atoms with van der Waals surface area (Å²) in [5.74, 6) is 0.215. The Morgan fingerprint density at radius 2 is 2.15 bits per heavy atom. The number of aromatic nitrogens is 1. The van der Waals surface area contributed by atoms with Crippen molar-refractivity contribution in [1.29, 1.82) is 0 Å². The molecule has 0 radical (unpaired) electrons. The molecule has 0 aromatic carbocycles. The Kier molecular flexibility index (Phi) is 3.12. The third-order valence-electron chi connectivity index (χ3n) is 3.81. The van der Waals surface area contributed by atoms with Crippen molar-refractivity contribution in [3.63, 3.8) is 0 Å². The van der Waals surface area contributed by atoms with Crippen molar-refractivity contribution >= 4 is 17.9 Å². The minimum absolute atomic E-state index is 0.203. The van der Waals surface area contributed by atoms with E-state index in [1.165, 1.54) is 11.1 Å². The number of hydrogen-bond acceptors (Lipinski definition) is 3. The molecule has 106 valence electrons. The first-order valence-electron chi connectivity index (χ1n) is 7.05. The average molecular weight is 273 g/mol. The van der Waals surface area contributed by atoms with Crippen molar-refractivity contribution in [1.82, 2.24) is 10.4 Å². The van der Waals surface area contributed by atoms with Crippen LogP contribution in [0.2, 0.25) is 0 Å². The fourth-order valence-electron chi connectivity index (χ4n) is 2.51. The second-order valence-electron chi connectivity index (χ2n) is 5.35. The molecule has 0 unspecified atom stereocenters. The summed E-state index contributed by atoms with van der Waals surface area (Å²) >= 11 is 0. The number of carbonyl (C=O) groups excluding carboxylic acids is 1. The van der Waals surface area contributed by atoms with Gasteiger partial charge in [0.1, 0.15) is 11.7 Å².